The highest BCUT2D eigenvalue weighted by molar-refractivity contribution is 5.03. The van der Waals surface area contributed by atoms with E-state index in [1.54, 1.807) is 0 Å². The average molecular weight is 221 g/mol. The number of nitrogens with zero attached hydrogens (tertiary/aromatic N) is 2. The first kappa shape index (κ1) is 13.2. The third-order valence-corrected chi connectivity index (χ3v) is 2.76. The average Bonchev–Trinajstić information content (AvgIpc) is 3.05. The van der Waals surface area contributed by atoms with Crippen molar-refractivity contribution in [2.24, 2.45) is 0 Å². The van der Waals surface area contributed by atoms with Gasteiger partial charge in [0.15, 0.2) is 0 Å². The molecule has 1 aliphatic carbocycles. The monoisotopic (exact) mass is 221 g/mol. The van der Waals surface area contributed by atoms with Gasteiger partial charge in [0.1, 0.15) is 0 Å². The summed E-state index contributed by atoms with van der Waals surface area (Å²) in [5.74, 6) is 0. The Balaban J connectivity index is 2.25. The second kappa shape index (κ2) is 6.67. The van der Waals surface area contributed by atoms with E-state index in [-0.39, 0.29) is 0 Å². The van der Waals surface area contributed by atoms with Gasteiger partial charge in [0.25, 0.3) is 0 Å². The Morgan fingerprint density at radius 3 is 2.75 bits per heavy atom. The van der Waals surface area contributed by atoms with Crippen molar-refractivity contribution in [1.29, 1.82) is 5.26 Å². The van der Waals surface area contributed by atoms with E-state index in [1.165, 1.54) is 18.4 Å². The third-order valence-electron chi connectivity index (χ3n) is 2.76. The van der Waals surface area contributed by atoms with Gasteiger partial charge in [0.2, 0.25) is 0 Å². The summed E-state index contributed by atoms with van der Waals surface area (Å²) >= 11 is 0. The van der Waals surface area contributed by atoms with Crippen molar-refractivity contribution in [3.8, 4) is 6.07 Å². The molecule has 0 bridgehead atoms. The van der Waals surface area contributed by atoms with Gasteiger partial charge in [0, 0.05) is 38.1 Å². The van der Waals surface area contributed by atoms with Gasteiger partial charge < -0.3 is 5.32 Å². The van der Waals surface area contributed by atoms with E-state index in [2.05, 4.69) is 36.7 Å². The largest absolute Gasteiger partial charge is 0.311 e. The van der Waals surface area contributed by atoms with Crippen LogP contribution in [-0.4, -0.2) is 36.6 Å². The van der Waals surface area contributed by atoms with Crippen LogP contribution in [0.1, 0.15) is 33.1 Å². The smallest absolute Gasteiger partial charge is 0.0635 e. The van der Waals surface area contributed by atoms with Crippen LogP contribution in [0.2, 0.25) is 0 Å². The van der Waals surface area contributed by atoms with E-state index in [0.717, 1.165) is 19.6 Å². The lowest BCUT2D eigenvalue weighted by Crippen LogP contribution is -2.33. The summed E-state index contributed by atoms with van der Waals surface area (Å²) in [5, 5.41) is 12.0. The molecule has 1 saturated carbocycles. The first-order valence-electron chi connectivity index (χ1n) is 6.14. The Hall–Kier alpha value is -0.850. The van der Waals surface area contributed by atoms with Crippen molar-refractivity contribution in [3.63, 3.8) is 0 Å². The lowest BCUT2D eigenvalue weighted by Gasteiger charge is -2.22. The molecule has 3 heteroatoms. The molecule has 0 unspecified atom stereocenters. The van der Waals surface area contributed by atoms with Crippen molar-refractivity contribution >= 4 is 0 Å². The molecule has 1 aliphatic rings. The van der Waals surface area contributed by atoms with Crippen LogP contribution >= 0.6 is 0 Å². The number of nitrogens with one attached hydrogen (secondary N) is 1. The number of nitriles is 1. The standard InChI is InChI=1S/C13H23N3/c1-11(2)15-9-12(3)10-16(8-4-7-14)13-5-6-13/h11,13,15H,3-6,8-10H2,1-2H3. The molecule has 0 aromatic carbocycles. The fraction of sp³-hybridized carbons (Fsp3) is 0.769. The second-order valence-electron chi connectivity index (χ2n) is 4.90. The molecule has 16 heavy (non-hydrogen) atoms. The fourth-order valence-corrected chi connectivity index (χ4v) is 1.72. The maximum absolute atomic E-state index is 8.62. The van der Waals surface area contributed by atoms with E-state index in [4.69, 9.17) is 5.26 Å². The molecule has 0 aliphatic heterocycles. The van der Waals surface area contributed by atoms with Crippen LogP contribution in [0.5, 0.6) is 0 Å². The normalized spacial score (nSPS) is 15.4. The number of rotatable bonds is 8. The lowest BCUT2D eigenvalue weighted by atomic mass is 10.2. The first-order chi connectivity index (χ1) is 7.63. The zero-order valence-electron chi connectivity index (χ0n) is 10.5. The van der Waals surface area contributed by atoms with Crippen LogP contribution in [-0.2, 0) is 0 Å². The Morgan fingerprint density at radius 1 is 1.56 bits per heavy atom. The van der Waals surface area contributed by atoms with Gasteiger partial charge in [-0.05, 0) is 18.4 Å². The molecule has 1 fully saturated rings. The number of hydrogen-bond acceptors (Lipinski definition) is 3. The van der Waals surface area contributed by atoms with Crippen LogP contribution in [0.25, 0.3) is 0 Å². The summed E-state index contributed by atoms with van der Waals surface area (Å²) in [6, 6.07) is 3.43. The third kappa shape index (κ3) is 5.29. The second-order valence-corrected chi connectivity index (χ2v) is 4.90. The molecule has 90 valence electrons. The molecule has 0 heterocycles. The van der Waals surface area contributed by atoms with E-state index in [1.807, 2.05) is 0 Å². The molecule has 1 N–H and O–H groups in total. The molecule has 3 nitrogen and oxygen atoms in total. The minimum Gasteiger partial charge on any atom is -0.311 e. The van der Waals surface area contributed by atoms with Crippen molar-refractivity contribution < 1.29 is 0 Å². The molecule has 0 atom stereocenters. The van der Waals surface area contributed by atoms with Gasteiger partial charge in [-0.3, -0.25) is 4.90 Å². The summed E-state index contributed by atoms with van der Waals surface area (Å²) in [6.45, 7) is 11.1. The van der Waals surface area contributed by atoms with Crippen molar-refractivity contribution in [2.75, 3.05) is 19.6 Å². The highest BCUT2D eigenvalue weighted by Crippen LogP contribution is 2.27. The zero-order valence-corrected chi connectivity index (χ0v) is 10.5. The highest BCUT2D eigenvalue weighted by Gasteiger charge is 2.28. The van der Waals surface area contributed by atoms with Gasteiger partial charge in [-0.15, -0.1) is 0 Å². The minimum absolute atomic E-state index is 0.505. The van der Waals surface area contributed by atoms with Gasteiger partial charge in [-0.25, -0.2) is 0 Å². The first-order valence-corrected chi connectivity index (χ1v) is 6.14. The van der Waals surface area contributed by atoms with Crippen molar-refractivity contribution in [1.82, 2.24) is 10.2 Å². The SMILES string of the molecule is C=C(CNC(C)C)CN(CCC#N)C1CC1. The van der Waals surface area contributed by atoms with E-state index < -0.39 is 0 Å². The zero-order chi connectivity index (χ0) is 12.0. The Kier molecular flexibility index (Phi) is 5.51. The van der Waals surface area contributed by atoms with Gasteiger partial charge in [-0.2, -0.15) is 5.26 Å². The quantitative estimate of drug-likeness (QED) is 0.636. The molecular formula is C13H23N3. The molecule has 0 radical (unpaired) electrons. The van der Waals surface area contributed by atoms with E-state index in [0.29, 0.717) is 18.5 Å². The Labute approximate surface area is 99.1 Å². The van der Waals surface area contributed by atoms with Gasteiger partial charge >= 0.3 is 0 Å². The van der Waals surface area contributed by atoms with Crippen LogP contribution in [0.15, 0.2) is 12.2 Å². The topological polar surface area (TPSA) is 39.1 Å². The summed E-state index contributed by atoms with van der Waals surface area (Å²) < 4.78 is 0. The molecule has 0 aromatic heterocycles. The van der Waals surface area contributed by atoms with Crippen LogP contribution in [0.4, 0.5) is 0 Å². The van der Waals surface area contributed by atoms with Crippen LogP contribution in [0, 0.1) is 11.3 Å². The van der Waals surface area contributed by atoms with Crippen molar-refractivity contribution in [2.45, 2.75) is 45.2 Å². The predicted molar refractivity (Wildman–Crippen MR) is 67.1 cm³/mol. The van der Waals surface area contributed by atoms with E-state index >= 15 is 0 Å². The fourth-order valence-electron chi connectivity index (χ4n) is 1.72. The summed E-state index contributed by atoms with van der Waals surface area (Å²) in [4.78, 5) is 2.40. The molecule has 1 rings (SSSR count). The maximum atomic E-state index is 8.62. The summed E-state index contributed by atoms with van der Waals surface area (Å²) in [5.41, 5.74) is 1.22. The summed E-state index contributed by atoms with van der Waals surface area (Å²) in [7, 11) is 0. The predicted octanol–water partition coefficient (Wildman–Crippen LogP) is 1.92. The molecule has 0 saturated heterocycles. The summed E-state index contributed by atoms with van der Waals surface area (Å²) in [6.07, 6.45) is 3.20. The molecule has 0 amide bonds. The van der Waals surface area contributed by atoms with Crippen molar-refractivity contribution in [3.05, 3.63) is 12.2 Å². The molecule has 0 spiro atoms. The minimum atomic E-state index is 0.505. The molecule has 0 aromatic rings. The van der Waals surface area contributed by atoms with Crippen LogP contribution < -0.4 is 5.32 Å². The number of hydrogen-bond donors (Lipinski definition) is 1. The van der Waals surface area contributed by atoms with Gasteiger partial charge in [0.05, 0.1) is 6.07 Å². The van der Waals surface area contributed by atoms with Gasteiger partial charge in [-0.1, -0.05) is 20.4 Å². The lowest BCUT2D eigenvalue weighted by molar-refractivity contribution is 0.290. The Bertz CT molecular complexity index is 261. The molecular weight excluding hydrogens is 198 g/mol. The highest BCUT2D eigenvalue weighted by atomic mass is 15.2. The van der Waals surface area contributed by atoms with Crippen LogP contribution in [0.3, 0.4) is 0 Å². The Morgan fingerprint density at radius 2 is 2.25 bits per heavy atom. The maximum Gasteiger partial charge on any atom is 0.0635 e. The van der Waals surface area contributed by atoms with E-state index in [9.17, 15) is 0 Å².